The zero-order valence-corrected chi connectivity index (χ0v) is 11.8. The maximum Gasteiger partial charge on any atom is 0.0702 e. The number of aliphatic hydroxyl groups excluding tert-OH is 1. The molecular formula is C17H22N2O. The highest BCUT2D eigenvalue weighted by Gasteiger charge is 2.25. The second-order valence-corrected chi connectivity index (χ2v) is 5.79. The van der Waals surface area contributed by atoms with Gasteiger partial charge in [-0.05, 0) is 55.0 Å². The number of nitrogens with one attached hydrogen (secondary N) is 1. The minimum absolute atomic E-state index is 0.341. The van der Waals surface area contributed by atoms with E-state index in [4.69, 9.17) is 0 Å². The Morgan fingerprint density at radius 2 is 2.10 bits per heavy atom. The Morgan fingerprint density at radius 3 is 3.00 bits per heavy atom. The second-order valence-electron chi connectivity index (χ2n) is 5.79. The van der Waals surface area contributed by atoms with Gasteiger partial charge < -0.3 is 10.4 Å². The normalized spacial score (nSPS) is 22.4. The van der Waals surface area contributed by atoms with Crippen LogP contribution in [-0.4, -0.2) is 23.2 Å². The molecule has 0 aliphatic heterocycles. The maximum atomic E-state index is 9.34. The number of benzene rings is 1. The summed E-state index contributed by atoms with van der Waals surface area (Å²) < 4.78 is 0. The van der Waals surface area contributed by atoms with Gasteiger partial charge in [-0.3, -0.25) is 4.98 Å². The zero-order valence-electron chi connectivity index (χ0n) is 11.8. The van der Waals surface area contributed by atoms with Crippen molar-refractivity contribution in [1.82, 2.24) is 10.3 Å². The van der Waals surface area contributed by atoms with E-state index in [1.54, 1.807) is 0 Å². The van der Waals surface area contributed by atoms with E-state index in [1.807, 2.05) is 12.3 Å². The molecule has 1 fully saturated rings. The molecule has 1 aromatic heterocycles. The minimum Gasteiger partial charge on any atom is -0.396 e. The third-order valence-corrected chi connectivity index (χ3v) is 4.45. The first-order valence-corrected chi connectivity index (χ1v) is 7.52. The Labute approximate surface area is 120 Å². The Morgan fingerprint density at radius 1 is 1.20 bits per heavy atom. The molecule has 20 heavy (non-hydrogen) atoms. The standard InChI is InChI=1S/C17H22N2O/c20-12-16-4-1-3-15(16)11-18-10-13-6-7-17-14(9-13)5-2-8-19-17/h2,5-9,15-16,18,20H,1,3-4,10-12H2. The van der Waals surface area contributed by atoms with Gasteiger partial charge in [0.2, 0.25) is 0 Å². The number of pyridine rings is 1. The molecule has 3 heteroatoms. The van der Waals surface area contributed by atoms with Gasteiger partial charge >= 0.3 is 0 Å². The van der Waals surface area contributed by atoms with Crippen molar-refractivity contribution in [3.8, 4) is 0 Å². The lowest BCUT2D eigenvalue weighted by Crippen LogP contribution is -2.26. The summed E-state index contributed by atoms with van der Waals surface area (Å²) in [6, 6.07) is 10.5. The van der Waals surface area contributed by atoms with Gasteiger partial charge in [0.1, 0.15) is 0 Å². The largest absolute Gasteiger partial charge is 0.396 e. The van der Waals surface area contributed by atoms with Crippen molar-refractivity contribution >= 4 is 10.9 Å². The van der Waals surface area contributed by atoms with Crippen molar-refractivity contribution in [2.75, 3.05) is 13.2 Å². The molecular weight excluding hydrogens is 248 g/mol. The van der Waals surface area contributed by atoms with Crippen LogP contribution in [0.3, 0.4) is 0 Å². The molecule has 1 aliphatic carbocycles. The molecule has 2 N–H and O–H groups in total. The van der Waals surface area contributed by atoms with Crippen LogP contribution in [0.25, 0.3) is 10.9 Å². The third-order valence-electron chi connectivity index (χ3n) is 4.45. The smallest absolute Gasteiger partial charge is 0.0702 e. The monoisotopic (exact) mass is 270 g/mol. The predicted molar refractivity (Wildman–Crippen MR) is 81.4 cm³/mol. The van der Waals surface area contributed by atoms with Crippen LogP contribution in [0.1, 0.15) is 24.8 Å². The topological polar surface area (TPSA) is 45.1 Å². The van der Waals surface area contributed by atoms with E-state index < -0.39 is 0 Å². The highest BCUT2D eigenvalue weighted by Crippen LogP contribution is 2.30. The summed E-state index contributed by atoms with van der Waals surface area (Å²) in [7, 11) is 0. The van der Waals surface area contributed by atoms with E-state index in [9.17, 15) is 5.11 Å². The van der Waals surface area contributed by atoms with Crippen molar-refractivity contribution in [2.45, 2.75) is 25.8 Å². The summed E-state index contributed by atoms with van der Waals surface area (Å²) in [4.78, 5) is 4.34. The molecule has 1 aliphatic rings. The van der Waals surface area contributed by atoms with Gasteiger partial charge in [-0.25, -0.2) is 0 Å². The predicted octanol–water partition coefficient (Wildman–Crippen LogP) is 2.73. The van der Waals surface area contributed by atoms with Gasteiger partial charge in [-0.15, -0.1) is 0 Å². The van der Waals surface area contributed by atoms with Gasteiger partial charge in [0, 0.05) is 24.7 Å². The number of hydrogen-bond acceptors (Lipinski definition) is 3. The summed E-state index contributed by atoms with van der Waals surface area (Å²) in [6.45, 7) is 2.24. The van der Waals surface area contributed by atoms with Crippen LogP contribution >= 0.6 is 0 Å². The van der Waals surface area contributed by atoms with E-state index in [2.05, 4.69) is 34.6 Å². The van der Waals surface area contributed by atoms with Crippen molar-refractivity contribution in [3.05, 3.63) is 42.1 Å². The molecule has 0 saturated heterocycles. The summed E-state index contributed by atoms with van der Waals surface area (Å²) in [5, 5.41) is 14.1. The van der Waals surface area contributed by atoms with Crippen molar-refractivity contribution in [3.63, 3.8) is 0 Å². The fourth-order valence-electron chi connectivity index (χ4n) is 3.26. The molecule has 2 atom stereocenters. The van der Waals surface area contributed by atoms with Crippen LogP contribution in [0.5, 0.6) is 0 Å². The fourth-order valence-corrected chi connectivity index (χ4v) is 3.26. The van der Waals surface area contributed by atoms with Crippen molar-refractivity contribution in [2.24, 2.45) is 11.8 Å². The van der Waals surface area contributed by atoms with Gasteiger partial charge in [0.05, 0.1) is 5.52 Å². The van der Waals surface area contributed by atoms with E-state index in [-0.39, 0.29) is 0 Å². The minimum atomic E-state index is 0.341. The Bertz CT molecular complexity index is 570. The van der Waals surface area contributed by atoms with Gasteiger partial charge in [0.25, 0.3) is 0 Å². The molecule has 0 amide bonds. The first-order chi connectivity index (χ1) is 9.86. The summed E-state index contributed by atoms with van der Waals surface area (Å²) in [6.07, 6.45) is 5.53. The van der Waals surface area contributed by atoms with Gasteiger partial charge in [-0.1, -0.05) is 18.6 Å². The molecule has 0 bridgehead atoms. The highest BCUT2D eigenvalue weighted by molar-refractivity contribution is 5.78. The molecule has 0 radical (unpaired) electrons. The summed E-state index contributed by atoms with van der Waals surface area (Å²) >= 11 is 0. The SMILES string of the molecule is OCC1CCCC1CNCc1ccc2ncccc2c1. The zero-order chi connectivity index (χ0) is 13.8. The van der Waals surface area contributed by atoms with Gasteiger partial charge in [-0.2, -0.15) is 0 Å². The number of aliphatic hydroxyl groups is 1. The molecule has 1 saturated carbocycles. The van der Waals surface area contributed by atoms with Gasteiger partial charge in [0.15, 0.2) is 0 Å². The third kappa shape index (κ3) is 3.00. The molecule has 3 nitrogen and oxygen atoms in total. The lowest BCUT2D eigenvalue weighted by Gasteiger charge is -2.17. The summed E-state index contributed by atoms with van der Waals surface area (Å²) in [5.41, 5.74) is 2.34. The van der Waals surface area contributed by atoms with Crippen LogP contribution in [0.15, 0.2) is 36.5 Å². The number of fused-ring (bicyclic) bond motifs is 1. The fraction of sp³-hybridized carbons (Fsp3) is 0.471. The molecule has 2 aromatic rings. The van der Waals surface area contributed by atoms with Crippen LogP contribution in [0.2, 0.25) is 0 Å². The molecule has 0 spiro atoms. The van der Waals surface area contributed by atoms with Crippen LogP contribution < -0.4 is 5.32 Å². The van der Waals surface area contributed by atoms with Crippen molar-refractivity contribution in [1.29, 1.82) is 0 Å². The lowest BCUT2D eigenvalue weighted by molar-refractivity contribution is 0.192. The van der Waals surface area contributed by atoms with E-state index in [0.717, 1.165) is 18.6 Å². The van der Waals surface area contributed by atoms with Crippen LogP contribution in [-0.2, 0) is 6.54 Å². The quantitative estimate of drug-likeness (QED) is 0.878. The lowest BCUT2D eigenvalue weighted by atomic mass is 9.97. The Kier molecular flexibility index (Phi) is 4.28. The molecule has 3 rings (SSSR count). The molecule has 1 heterocycles. The molecule has 2 unspecified atom stereocenters. The number of hydrogen-bond donors (Lipinski definition) is 2. The molecule has 106 valence electrons. The van der Waals surface area contributed by atoms with Crippen LogP contribution in [0, 0.1) is 11.8 Å². The number of nitrogens with zero attached hydrogens (tertiary/aromatic N) is 1. The van der Waals surface area contributed by atoms with E-state index in [0.29, 0.717) is 18.4 Å². The highest BCUT2D eigenvalue weighted by atomic mass is 16.3. The second kappa shape index (κ2) is 6.33. The van der Waals surface area contributed by atoms with E-state index in [1.165, 1.54) is 30.2 Å². The van der Waals surface area contributed by atoms with E-state index >= 15 is 0 Å². The average molecular weight is 270 g/mol. The maximum absolute atomic E-state index is 9.34. The molecule has 1 aromatic carbocycles. The summed E-state index contributed by atoms with van der Waals surface area (Å²) in [5.74, 6) is 1.14. The number of aromatic nitrogens is 1. The van der Waals surface area contributed by atoms with Crippen LogP contribution in [0.4, 0.5) is 0 Å². The first kappa shape index (κ1) is 13.5. The van der Waals surface area contributed by atoms with Crippen molar-refractivity contribution < 1.29 is 5.11 Å². The first-order valence-electron chi connectivity index (χ1n) is 7.52. The average Bonchev–Trinajstić information content (AvgIpc) is 2.95. The Balaban J connectivity index is 1.57. The Hall–Kier alpha value is -1.45. The number of rotatable bonds is 5.